The van der Waals surface area contributed by atoms with Gasteiger partial charge in [0.1, 0.15) is 47.8 Å². The average Bonchev–Trinajstić information content (AvgIpc) is 4.35. The third kappa shape index (κ3) is 15.5. The van der Waals surface area contributed by atoms with Crippen LogP contribution < -0.4 is 18.9 Å². The fourth-order valence-electron chi connectivity index (χ4n) is 8.95. The summed E-state index contributed by atoms with van der Waals surface area (Å²) in [5.74, 6) is 1.25. The number of hydrogen-bond donors (Lipinski definition) is 4. The molecule has 0 radical (unpaired) electrons. The number of hydrogen-bond acceptors (Lipinski definition) is 8. The predicted octanol–water partition coefficient (Wildman–Crippen LogP) is 14.6. The molecule has 8 rings (SSSR count). The van der Waals surface area contributed by atoms with Gasteiger partial charge in [0.15, 0.2) is 42.6 Å². The zero-order chi connectivity index (χ0) is 53.1. The molecule has 2 saturated carbocycles. The molecule has 0 spiro atoms. The van der Waals surface area contributed by atoms with Crippen LogP contribution in [-0.2, 0) is 45.2 Å². The molecule has 2 aliphatic carbocycles. The lowest BCUT2D eigenvalue weighted by Crippen LogP contribution is -2.15. The summed E-state index contributed by atoms with van der Waals surface area (Å²) in [5.41, 5.74) is 5.65. The van der Waals surface area contributed by atoms with E-state index in [1.807, 2.05) is 113 Å². The summed E-state index contributed by atoms with van der Waals surface area (Å²) >= 11 is -2.21. The van der Waals surface area contributed by atoms with Crippen molar-refractivity contribution in [3.63, 3.8) is 0 Å². The van der Waals surface area contributed by atoms with Gasteiger partial charge in [-0.2, -0.15) is 9.11 Å². The van der Waals surface area contributed by atoms with Gasteiger partial charge < -0.3 is 29.2 Å². The molecule has 0 aromatic heterocycles. The van der Waals surface area contributed by atoms with E-state index in [0.29, 0.717) is 66.9 Å². The Morgan fingerprint density at radius 3 is 1.26 bits per heavy atom. The summed E-state index contributed by atoms with van der Waals surface area (Å²) in [6.07, 6.45) is 6.69. The highest BCUT2D eigenvalue weighted by Gasteiger charge is 2.33. The Labute approximate surface area is 439 Å². The van der Waals surface area contributed by atoms with Crippen LogP contribution in [0, 0.1) is 23.5 Å². The lowest BCUT2D eigenvalue weighted by Gasteiger charge is -2.17. The van der Waals surface area contributed by atoms with Gasteiger partial charge in [0, 0.05) is 34.4 Å². The molecule has 0 saturated heterocycles. The third-order valence-corrected chi connectivity index (χ3v) is 16.7. The maximum atomic E-state index is 14.8. The van der Waals surface area contributed by atoms with Crippen LogP contribution >= 0.6 is 0 Å². The largest absolute Gasteiger partial charge is 0.497 e. The molecule has 14 heteroatoms. The van der Waals surface area contributed by atoms with Gasteiger partial charge in [-0.3, -0.25) is 9.59 Å². The second-order valence-electron chi connectivity index (χ2n) is 19.7. The second-order valence-corrected chi connectivity index (χ2v) is 23.8. The number of rotatable bonds is 24. The highest BCUT2D eigenvalue weighted by molar-refractivity contribution is 7.92. The fraction of sp³-hybridized carbons (Fsp3) is 0.367. The maximum Gasteiger partial charge on any atom is 0.303 e. The van der Waals surface area contributed by atoms with Gasteiger partial charge in [-0.05, 0) is 159 Å². The Morgan fingerprint density at radius 1 is 0.527 bits per heavy atom. The smallest absolute Gasteiger partial charge is 0.303 e. The Balaban J connectivity index is 0.000000216. The van der Waals surface area contributed by atoms with E-state index in [2.05, 4.69) is 0 Å². The van der Waals surface area contributed by atoms with Crippen molar-refractivity contribution in [2.75, 3.05) is 14.2 Å². The zero-order valence-corrected chi connectivity index (χ0v) is 44.5. The Hall–Kier alpha value is -6.06. The van der Waals surface area contributed by atoms with Crippen LogP contribution in [0.4, 0.5) is 8.78 Å². The van der Waals surface area contributed by atoms with Crippen LogP contribution in [0.2, 0.25) is 0 Å². The van der Waals surface area contributed by atoms with Crippen LogP contribution in [0.3, 0.4) is 0 Å². The SMILES string of the molecule is COc1ccc(F)c(-c2ccc(COc3cccc([C@H](CC(=O)O)CC4CC4)c3)cc2[S+](O)C(C)C)c1.COc1ccc(F)c(-c2ccc(COc3cccc([C@H](CC(=O)O)CC4CC4)c3)cc2[S+](O)C(C)C)c1. The molecule has 0 heterocycles. The van der Waals surface area contributed by atoms with Gasteiger partial charge in [0.25, 0.3) is 0 Å². The van der Waals surface area contributed by atoms with Crippen LogP contribution in [0.25, 0.3) is 22.3 Å². The van der Waals surface area contributed by atoms with E-state index in [4.69, 9.17) is 18.9 Å². The van der Waals surface area contributed by atoms with E-state index >= 15 is 0 Å². The molecule has 74 heavy (non-hydrogen) atoms. The highest BCUT2D eigenvalue weighted by atomic mass is 32.2. The van der Waals surface area contributed by atoms with Crippen molar-refractivity contribution in [3.05, 3.63) is 155 Å². The number of halogens is 2. The summed E-state index contributed by atoms with van der Waals surface area (Å²) in [6, 6.07) is 35.6. The second kappa shape index (κ2) is 25.9. The van der Waals surface area contributed by atoms with Gasteiger partial charge in [-0.1, -0.05) is 62.1 Å². The van der Waals surface area contributed by atoms with Crippen molar-refractivity contribution in [2.45, 2.75) is 124 Å². The molecule has 0 aliphatic heterocycles. The number of ether oxygens (including phenoxy) is 4. The first-order chi connectivity index (χ1) is 35.5. The monoisotopic (exact) mass is 1050 g/mol. The van der Waals surface area contributed by atoms with Gasteiger partial charge in [0.05, 0.1) is 27.1 Å². The number of benzene rings is 6. The van der Waals surface area contributed by atoms with E-state index in [1.54, 1.807) is 24.3 Å². The van der Waals surface area contributed by atoms with E-state index in [9.17, 15) is 37.7 Å². The quantitative estimate of drug-likeness (QED) is 0.0431. The topological polar surface area (TPSA) is 152 Å². The van der Waals surface area contributed by atoms with Crippen molar-refractivity contribution < 1.29 is 56.6 Å². The highest BCUT2D eigenvalue weighted by Crippen LogP contribution is 2.43. The van der Waals surface area contributed by atoms with Gasteiger partial charge in [0.2, 0.25) is 0 Å². The van der Waals surface area contributed by atoms with Gasteiger partial charge in [-0.25, -0.2) is 8.78 Å². The van der Waals surface area contributed by atoms with Gasteiger partial charge in [-0.15, -0.1) is 0 Å². The molecule has 2 fully saturated rings. The molecule has 2 aliphatic rings. The van der Waals surface area contributed by atoms with E-state index in [1.165, 1.54) is 52.0 Å². The lowest BCUT2D eigenvalue weighted by atomic mass is 9.90. The van der Waals surface area contributed by atoms with E-state index in [-0.39, 0.29) is 60.0 Å². The predicted molar refractivity (Wildman–Crippen MR) is 290 cm³/mol. The number of carbonyl (C=O) groups is 2. The van der Waals surface area contributed by atoms with Crippen LogP contribution in [-0.4, -0.2) is 56.0 Å². The minimum absolute atomic E-state index is 0.0282. The Bertz CT molecular complexity index is 2670. The van der Waals surface area contributed by atoms with Gasteiger partial charge >= 0.3 is 11.9 Å². The number of carboxylic acid groups (broad SMARTS) is 2. The molecule has 0 bridgehead atoms. The molecule has 0 amide bonds. The molecule has 6 aromatic rings. The minimum Gasteiger partial charge on any atom is -0.497 e. The van der Waals surface area contributed by atoms with Crippen molar-refractivity contribution in [1.29, 1.82) is 0 Å². The summed E-state index contributed by atoms with van der Waals surface area (Å²) in [7, 11) is 3.07. The standard InChI is InChI=1S/2C30H33FO5S/c2*1-19(2)37(34)29-14-21(9-11-26(29)27-17-24(35-3)10-12-28(27)31)18-36-25-6-4-5-22(15-25)23(16-30(32)33)13-20-7-8-20/h2*4-6,9-12,14-15,17,19-20,23,34H,7-8,13,16,18H2,1-3H3/p+2/t2*23-,37?/m00/s1. The molecule has 6 aromatic carbocycles. The number of aliphatic carboxylic acids is 2. The first-order valence-corrected chi connectivity index (χ1v) is 27.7. The minimum atomic E-state index is -1.11. The number of carboxylic acids is 2. The molecular formula is C60H68F2O10S2+2. The number of methoxy groups -OCH3 is 2. The fourth-order valence-corrected chi connectivity index (χ4v) is 11.3. The normalized spacial score (nSPS) is 14.9. The first kappa shape index (κ1) is 55.7. The van der Waals surface area contributed by atoms with Crippen LogP contribution in [0.5, 0.6) is 23.0 Å². The van der Waals surface area contributed by atoms with Crippen molar-refractivity contribution in [3.8, 4) is 45.3 Å². The Kier molecular flexibility index (Phi) is 19.5. The van der Waals surface area contributed by atoms with Crippen molar-refractivity contribution >= 4 is 34.3 Å². The molecule has 10 nitrogen and oxygen atoms in total. The zero-order valence-electron chi connectivity index (χ0n) is 42.9. The Morgan fingerprint density at radius 2 is 0.919 bits per heavy atom. The average molecular weight is 1050 g/mol. The lowest BCUT2D eigenvalue weighted by molar-refractivity contribution is -0.138. The first-order valence-electron chi connectivity index (χ1n) is 25.2. The molecule has 4 N–H and O–H groups in total. The van der Waals surface area contributed by atoms with E-state index < -0.39 is 34.3 Å². The summed E-state index contributed by atoms with van der Waals surface area (Å²) in [6.45, 7) is 8.24. The molecular weight excluding hydrogens is 983 g/mol. The third-order valence-electron chi connectivity index (χ3n) is 13.3. The van der Waals surface area contributed by atoms with Crippen molar-refractivity contribution in [2.24, 2.45) is 11.8 Å². The summed E-state index contributed by atoms with van der Waals surface area (Å²) in [5, 5.41) is 18.7. The van der Waals surface area contributed by atoms with Crippen molar-refractivity contribution in [1.82, 2.24) is 0 Å². The van der Waals surface area contributed by atoms with Crippen LogP contribution in [0.15, 0.2) is 131 Å². The molecule has 392 valence electrons. The van der Waals surface area contributed by atoms with E-state index in [0.717, 1.165) is 35.1 Å². The molecule has 2 unspecified atom stereocenters. The molecule has 4 atom stereocenters. The maximum absolute atomic E-state index is 14.8. The summed E-state index contributed by atoms with van der Waals surface area (Å²) < 4.78 is 74.3. The summed E-state index contributed by atoms with van der Waals surface area (Å²) in [4.78, 5) is 24.2. The van der Waals surface area contributed by atoms with Crippen LogP contribution in [0.1, 0.15) is 113 Å².